The predicted molar refractivity (Wildman–Crippen MR) is 63.6 cm³/mol. The predicted octanol–water partition coefficient (Wildman–Crippen LogP) is 3.98. The molecule has 0 spiro atoms. The zero-order chi connectivity index (χ0) is 10.1. The molecule has 1 fully saturated rings. The van der Waals surface area contributed by atoms with Crippen molar-refractivity contribution in [3.05, 3.63) is 33.6 Å². The van der Waals surface area contributed by atoms with Gasteiger partial charge in [0.2, 0.25) is 0 Å². The van der Waals surface area contributed by atoms with Gasteiger partial charge in [0.1, 0.15) is 5.82 Å². The molecule has 1 aromatic rings. The number of halogens is 4. The van der Waals surface area contributed by atoms with Crippen LogP contribution in [-0.2, 0) is 0 Å². The topological polar surface area (TPSA) is 12.0 Å². The van der Waals surface area contributed by atoms with Gasteiger partial charge >= 0.3 is 0 Å². The van der Waals surface area contributed by atoms with Crippen LogP contribution < -0.4 is 5.32 Å². The van der Waals surface area contributed by atoms with Crippen LogP contribution in [0.5, 0.6) is 0 Å². The van der Waals surface area contributed by atoms with Gasteiger partial charge in [-0.2, -0.15) is 0 Å². The summed E-state index contributed by atoms with van der Waals surface area (Å²) >= 11 is 11.6. The lowest BCUT2D eigenvalue weighted by molar-refractivity contribution is 0.559. The number of hydrogen-bond donors (Lipinski definition) is 1. The summed E-state index contributed by atoms with van der Waals surface area (Å²) in [5.74, 6) is -0.390. The SMILES string of the molecule is Cl.Fc1c(Cl)ccc(Cl)c1[C@H]1CCCN1. The molecule has 0 bridgehead atoms. The van der Waals surface area contributed by atoms with E-state index in [1.165, 1.54) is 6.07 Å². The molecule has 84 valence electrons. The highest BCUT2D eigenvalue weighted by Crippen LogP contribution is 2.34. The summed E-state index contributed by atoms with van der Waals surface area (Å²) in [5.41, 5.74) is 0.511. The third-order valence-corrected chi connectivity index (χ3v) is 3.11. The van der Waals surface area contributed by atoms with E-state index < -0.39 is 5.82 Å². The maximum atomic E-state index is 13.7. The highest BCUT2D eigenvalue weighted by atomic mass is 35.5. The molecular formula is C10H11Cl3FN. The third-order valence-electron chi connectivity index (χ3n) is 2.49. The highest BCUT2D eigenvalue weighted by molar-refractivity contribution is 6.33. The summed E-state index contributed by atoms with van der Waals surface area (Å²) in [7, 11) is 0. The van der Waals surface area contributed by atoms with Crippen LogP contribution in [0, 0.1) is 5.82 Å². The molecule has 15 heavy (non-hydrogen) atoms. The quantitative estimate of drug-likeness (QED) is 0.761. The van der Waals surface area contributed by atoms with Gasteiger partial charge in [0.05, 0.1) is 5.02 Å². The van der Waals surface area contributed by atoms with Crippen molar-refractivity contribution < 1.29 is 4.39 Å². The Labute approximate surface area is 104 Å². The third kappa shape index (κ3) is 2.56. The first kappa shape index (κ1) is 13.0. The fourth-order valence-electron chi connectivity index (χ4n) is 1.79. The first-order valence-corrected chi connectivity index (χ1v) is 5.32. The molecule has 0 saturated carbocycles. The van der Waals surface area contributed by atoms with Crippen LogP contribution in [-0.4, -0.2) is 6.54 Å². The Morgan fingerprint density at radius 2 is 1.93 bits per heavy atom. The van der Waals surface area contributed by atoms with E-state index in [1.54, 1.807) is 6.07 Å². The van der Waals surface area contributed by atoms with E-state index in [0.717, 1.165) is 19.4 Å². The highest BCUT2D eigenvalue weighted by Gasteiger charge is 2.23. The molecular weight excluding hydrogens is 259 g/mol. The molecule has 1 aliphatic heterocycles. The smallest absolute Gasteiger partial charge is 0.148 e. The molecule has 0 aliphatic carbocycles. The lowest BCUT2D eigenvalue weighted by atomic mass is 10.0. The molecule has 0 unspecified atom stereocenters. The molecule has 5 heteroatoms. The van der Waals surface area contributed by atoms with Crippen molar-refractivity contribution in [1.29, 1.82) is 0 Å². The summed E-state index contributed by atoms with van der Waals surface area (Å²) in [5, 5.41) is 3.79. The summed E-state index contributed by atoms with van der Waals surface area (Å²) in [6.07, 6.45) is 1.96. The Morgan fingerprint density at radius 1 is 1.27 bits per heavy atom. The molecule has 0 aromatic heterocycles. The van der Waals surface area contributed by atoms with Crippen molar-refractivity contribution in [2.45, 2.75) is 18.9 Å². The Bertz CT molecular complexity index is 351. The normalized spacial score (nSPS) is 20.1. The zero-order valence-corrected chi connectivity index (χ0v) is 10.2. The monoisotopic (exact) mass is 269 g/mol. The fraction of sp³-hybridized carbons (Fsp3) is 0.400. The van der Waals surface area contributed by atoms with Gasteiger partial charge in [-0.15, -0.1) is 12.4 Å². The van der Waals surface area contributed by atoms with Crippen molar-refractivity contribution in [1.82, 2.24) is 5.32 Å². The standard InChI is InChI=1S/C10H10Cl2FN.ClH/c11-6-3-4-7(12)10(13)9(6)8-2-1-5-14-8;/h3-4,8,14H,1-2,5H2;1H/t8-;/m1./s1. The molecule has 1 nitrogen and oxygen atoms in total. The van der Waals surface area contributed by atoms with Crippen LogP contribution in [0.2, 0.25) is 10.0 Å². The molecule has 1 aromatic carbocycles. The fourth-order valence-corrected chi connectivity index (χ4v) is 2.24. The zero-order valence-electron chi connectivity index (χ0n) is 7.90. The molecule has 1 heterocycles. The van der Waals surface area contributed by atoms with E-state index >= 15 is 0 Å². The molecule has 0 amide bonds. The molecule has 2 rings (SSSR count). The summed E-state index contributed by atoms with van der Waals surface area (Å²) in [4.78, 5) is 0. The molecule has 0 radical (unpaired) electrons. The summed E-state index contributed by atoms with van der Waals surface area (Å²) in [6, 6.07) is 3.14. The Hall–Kier alpha value is -0.0200. The van der Waals surface area contributed by atoms with Crippen LogP contribution in [0.15, 0.2) is 12.1 Å². The maximum Gasteiger partial charge on any atom is 0.148 e. The van der Waals surface area contributed by atoms with Crippen LogP contribution in [0.4, 0.5) is 4.39 Å². The minimum absolute atomic E-state index is 0. The first-order valence-electron chi connectivity index (χ1n) is 4.57. The lowest BCUT2D eigenvalue weighted by Gasteiger charge is -2.14. The number of benzene rings is 1. The van der Waals surface area contributed by atoms with Gasteiger partial charge in [-0.05, 0) is 31.5 Å². The number of nitrogens with one attached hydrogen (secondary N) is 1. The minimum Gasteiger partial charge on any atom is -0.310 e. The van der Waals surface area contributed by atoms with E-state index in [9.17, 15) is 4.39 Å². The van der Waals surface area contributed by atoms with Crippen molar-refractivity contribution in [3.8, 4) is 0 Å². The van der Waals surface area contributed by atoms with E-state index in [-0.39, 0.29) is 23.5 Å². The average Bonchev–Trinajstić information content (AvgIpc) is 2.65. The second-order valence-electron chi connectivity index (χ2n) is 3.41. The second kappa shape index (κ2) is 5.35. The van der Waals surface area contributed by atoms with Crippen molar-refractivity contribution in [2.75, 3.05) is 6.54 Å². The van der Waals surface area contributed by atoms with Crippen molar-refractivity contribution >= 4 is 35.6 Å². The van der Waals surface area contributed by atoms with Crippen molar-refractivity contribution in [2.24, 2.45) is 0 Å². The Balaban J connectivity index is 0.00000112. The molecule has 1 N–H and O–H groups in total. The second-order valence-corrected chi connectivity index (χ2v) is 4.22. The van der Waals surface area contributed by atoms with Gasteiger partial charge in [0, 0.05) is 16.6 Å². The summed E-state index contributed by atoms with van der Waals surface area (Å²) < 4.78 is 13.7. The Kier molecular flexibility index (Phi) is 4.65. The van der Waals surface area contributed by atoms with Gasteiger partial charge in [-0.3, -0.25) is 0 Å². The summed E-state index contributed by atoms with van der Waals surface area (Å²) in [6.45, 7) is 0.910. The van der Waals surface area contributed by atoms with Gasteiger partial charge in [0.15, 0.2) is 0 Å². The van der Waals surface area contributed by atoms with E-state index in [4.69, 9.17) is 23.2 Å². The van der Waals surface area contributed by atoms with E-state index in [0.29, 0.717) is 10.6 Å². The van der Waals surface area contributed by atoms with Gasteiger partial charge in [0.25, 0.3) is 0 Å². The first-order chi connectivity index (χ1) is 6.70. The average molecular weight is 271 g/mol. The molecule has 1 saturated heterocycles. The molecule has 1 aliphatic rings. The van der Waals surface area contributed by atoms with Gasteiger partial charge in [-0.1, -0.05) is 23.2 Å². The minimum atomic E-state index is -0.390. The molecule has 1 atom stereocenters. The van der Waals surface area contributed by atoms with Crippen LogP contribution >= 0.6 is 35.6 Å². The van der Waals surface area contributed by atoms with Crippen LogP contribution in [0.3, 0.4) is 0 Å². The number of hydrogen-bond acceptors (Lipinski definition) is 1. The van der Waals surface area contributed by atoms with Crippen LogP contribution in [0.25, 0.3) is 0 Å². The largest absolute Gasteiger partial charge is 0.310 e. The van der Waals surface area contributed by atoms with Gasteiger partial charge < -0.3 is 5.32 Å². The van der Waals surface area contributed by atoms with E-state index in [2.05, 4.69) is 5.32 Å². The lowest BCUT2D eigenvalue weighted by Crippen LogP contribution is -2.15. The van der Waals surface area contributed by atoms with Crippen molar-refractivity contribution in [3.63, 3.8) is 0 Å². The van der Waals surface area contributed by atoms with Gasteiger partial charge in [-0.25, -0.2) is 4.39 Å². The Morgan fingerprint density at radius 3 is 2.53 bits per heavy atom. The van der Waals surface area contributed by atoms with E-state index in [1.807, 2.05) is 0 Å². The number of rotatable bonds is 1. The van der Waals surface area contributed by atoms with Crippen LogP contribution in [0.1, 0.15) is 24.4 Å². The maximum absolute atomic E-state index is 13.7.